The van der Waals surface area contributed by atoms with Crippen LogP contribution in [0.3, 0.4) is 0 Å². The van der Waals surface area contributed by atoms with E-state index in [1.807, 2.05) is 28.8 Å². The van der Waals surface area contributed by atoms with Gasteiger partial charge in [-0.3, -0.25) is 4.79 Å². The van der Waals surface area contributed by atoms with Crippen molar-refractivity contribution in [1.29, 1.82) is 0 Å². The molecule has 186 valence electrons. The lowest BCUT2D eigenvalue weighted by Crippen LogP contribution is -2.24. The van der Waals surface area contributed by atoms with Crippen molar-refractivity contribution < 1.29 is 19.1 Å². The first-order valence-electron chi connectivity index (χ1n) is 12.3. The maximum absolute atomic E-state index is 13.1. The van der Waals surface area contributed by atoms with Gasteiger partial charge in [0.2, 0.25) is 5.91 Å². The zero-order valence-electron chi connectivity index (χ0n) is 20.7. The highest BCUT2D eigenvalue weighted by Gasteiger charge is 2.30. The first kappa shape index (κ1) is 24.7. The Bertz CT molecular complexity index is 1160. The van der Waals surface area contributed by atoms with Crippen LogP contribution in [0.25, 0.3) is 11.0 Å². The molecule has 1 saturated heterocycles. The number of benzene rings is 1. The van der Waals surface area contributed by atoms with Crippen LogP contribution in [-0.2, 0) is 27.2 Å². The number of hydrogen-bond donors (Lipinski definition) is 2. The summed E-state index contributed by atoms with van der Waals surface area (Å²) in [5.74, 6) is -0.918. The smallest absolute Gasteiger partial charge is 0.356 e. The SMILES string of the molecule is CCC(CC)Nc1cnc2c(c1)c(NC(=O)[C@@H]1CCOC1)c(C(=O)OC)n2CCc1ccccc1. The number of fused-ring (bicyclic) bond motifs is 1. The molecule has 4 rings (SSSR count). The molecule has 0 radical (unpaired) electrons. The predicted octanol–water partition coefficient (Wildman–Crippen LogP) is 4.64. The summed E-state index contributed by atoms with van der Waals surface area (Å²) in [6.45, 7) is 5.73. The van der Waals surface area contributed by atoms with Gasteiger partial charge in [0.15, 0.2) is 5.69 Å². The average Bonchev–Trinajstić information content (AvgIpc) is 3.53. The number of ether oxygens (including phenoxy) is 2. The summed E-state index contributed by atoms with van der Waals surface area (Å²) in [7, 11) is 1.35. The lowest BCUT2D eigenvalue weighted by molar-refractivity contribution is -0.119. The number of methoxy groups -OCH3 is 1. The largest absolute Gasteiger partial charge is 0.464 e. The summed E-state index contributed by atoms with van der Waals surface area (Å²) < 4.78 is 12.4. The standard InChI is InChI=1S/C27H34N4O4/c1-4-20(5-2)29-21-15-22-23(30-26(32)19-12-14-35-17-19)24(27(33)34-3)31(25(22)28-16-21)13-11-18-9-7-6-8-10-18/h6-10,15-16,19-20,29H,4-5,11-14,17H2,1-3H3,(H,30,32)/t19-/m1/s1. The molecule has 2 N–H and O–H groups in total. The Morgan fingerprint density at radius 1 is 1.23 bits per heavy atom. The highest BCUT2D eigenvalue weighted by Crippen LogP contribution is 2.34. The Kier molecular flexibility index (Phi) is 8.02. The summed E-state index contributed by atoms with van der Waals surface area (Å²) in [5, 5.41) is 7.25. The topological polar surface area (TPSA) is 94.5 Å². The molecule has 1 aromatic carbocycles. The minimum Gasteiger partial charge on any atom is -0.464 e. The van der Waals surface area contributed by atoms with Gasteiger partial charge < -0.3 is 24.7 Å². The normalized spacial score (nSPS) is 15.5. The zero-order valence-corrected chi connectivity index (χ0v) is 20.7. The van der Waals surface area contributed by atoms with Gasteiger partial charge in [-0.25, -0.2) is 9.78 Å². The number of carbonyl (C=O) groups excluding carboxylic acids is 2. The highest BCUT2D eigenvalue weighted by atomic mass is 16.5. The van der Waals surface area contributed by atoms with Gasteiger partial charge in [-0.15, -0.1) is 0 Å². The second kappa shape index (κ2) is 11.4. The number of pyridine rings is 1. The van der Waals surface area contributed by atoms with Gasteiger partial charge in [0.1, 0.15) is 5.65 Å². The molecule has 3 heterocycles. The molecule has 0 unspecified atom stereocenters. The van der Waals surface area contributed by atoms with Crippen molar-refractivity contribution >= 4 is 34.3 Å². The molecule has 35 heavy (non-hydrogen) atoms. The van der Waals surface area contributed by atoms with E-state index >= 15 is 0 Å². The molecular formula is C27H34N4O4. The molecule has 0 spiro atoms. The fourth-order valence-corrected chi connectivity index (χ4v) is 4.54. The van der Waals surface area contributed by atoms with E-state index < -0.39 is 5.97 Å². The van der Waals surface area contributed by atoms with Crippen molar-refractivity contribution in [3.63, 3.8) is 0 Å². The van der Waals surface area contributed by atoms with Gasteiger partial charge in [0, 0.05) is 24.6 Å². The fourth-order valence-electron chi connectivity index (χ4n) is 4.54. The maximum atomic E-state index is 13.1. The van der Waals surface area contributed by atoms with Crippen molar-refractivity contribution in [3.8, 4) is 0 Å². The Labute approximate surface area is 206 Å². The van der Waals surface area contributed by atoms with Gasteiger partial charge in [0.05, 0.1) is 37.2 Å². The molecule has 0 saturated carbocycles. The first-order chi connectivity index (χ1) is 17.0. The van der Waals surface area contributed by atoms with Crippen LogP contribution in [0, 0.1) is 5.92 Å². The number of esters is 1. The van der Waals surface area contributed by atoms with Crippen LogP contribution in [0.4, 0.5) is 11.4 Å². The third-order valence-electron chi connectivity index (χ3n) is 6.65. The van der Waals surface area contributed by atoms with Crippen LogP contribution in [0.1, 0.15) is 49.2 Å². The summed E-state index contributed by atoms with van der Waals surface area (Å²) in [6.07, 6.45) is 5.10. The Morgan fingerprint density at radius 3 is 2.66 bits per heavy atom. The lowest BCUT2D eigenvalue weighted by atomic mass is 10.1. The van der Waals surface area contributed by atoms with Crippen LogP contribution >= 0.6 is 0 Å². The molecule has 0 bridgehead atoms. The van der Waals surface area contributed by atoms with Crippen molar-refractivity contribution in [2.24, 2.45) is 5.92 Å². The Balaban J connectivity index is 1.79. The monoisotopic (exact) mass is 478 g/mol. The number of nitrogens with one attached hydrogen (secondary N) is 2. The van der Waals surface area contributed by atoms with Crippen LogP contribution < -0.4 is 10.6 Å². The number of amides is 1. The van der Waals surface area contributed by atoms with E-state index in [2.05, 4.69) is 36.6 Å². The predicted molar refractivity (Wildman–Crippen MR) is 137 cm³/mol. The molecular weight excluding hydrogens is 444 g/mol. The molecule has 1 amide bonds. The van der Waals surface area contributed by atoms with Gasteiger partial charge in [-0.05, 0) is 37.3 Å². The first-order valence-corrected chi connectivity index (χ1v) is 12.3. The summed E-state index contributed by atoms with van der Waals surface area (Å²) in [5.41, 5.74) is 3.37. The lowest BCUT2D eigenvalue weighted by Gasteiger charge is -2.16. The van der Waals surface area contributed by atoms with E-state index in [0.29, 0.717) is 61.1 Å². The van der Waals surface area contributed by atoms with Crippen molar-refractivity contribution in [1.82, 2.24) is 9.55 Å². The van der Waals surface area contributed by atoms with Gasteiger partial charge in [-0.2, -0.15) is 0 Å². The Morgan fingerprint density at radius 2 is 2.00 bits per heavy atom. The second-order valence-electron chi connectivity index (χ2n) is 8.91. The highest BCUT2D eigenvalue weighted by molar-refractivity contribution is 6.11. The number of anilines is 2. The minimum absolute atomic E-state index is 0.159. The molecule has 1 aliphatic heterocycles. The fraction of sp³-hybridized carbons (Fsp3) is 0.444. The van der Waals surface area contributed by atoms with E-state index in [-0.39, 0.29) is 11.8 Å². The van der Waals surface area contributed by atoms with Gasteiger partial charge in [-0.1, -0.05) is 44.2 Å². The molecule has 1 aliphatic rings. The number of nitrogens with zero attached hydrogens (tertiary/aromatic N) is 2. The van der Waals surface area contributed by atoms with Crippen molar-refractivity contribution in [2.45, 2.75) is 52.1 Å². The van der Waals surface area contributed by atoms with E-state index in [9.17, 15) is 9.59 Å². The van der Waals surface area contributed by atoms with Gasteiger partial charge in [0.25, 0.3) is 0 Å². The Hall–Kier alpha value is -3.39. The number of aromatic nitrogens is 2. The van der Waals surface area contributed by atoms with Crippen LogP contribution in [0.15, 0.2) is 42.6 Å². The maximum Gasteiger partial charge on any atom is 0.356 e. The number of rotatable bonds is 10. The van der Waals surface area contributed by atoms with E-state index in [0.717, 1.165) is 24.1 Å². The third-order valence-corrected chi connectivity index (χ3v) is 6.65. The molecule has 3 aromatic rings. The summed E-state index contributed by atoms with van der Waals surface area (Å²) in [4.78, 5) is 30.8. The molecule has 2 aromatic heterocycles. The quantitative estimate of drug-likeness (QED) is 0.412. The average molecular weight is 479 g/mol. The number of aryl methyl sites for hydroxylation is 2. The minimum atomic E-state index is -0.511. The van der Waals surface area contributed by atoms with E-state index in [4.69, 9.17) is 14.5 Å². The number of carbonyl (C=O) groups is 2. The van der Waals surface area contributed by atoms with Crippen LogP contribution in [-0.4, -0.2) is 47.8 Å². The third kappa shape index (κ3) is 5.48. The second-order valence-corrected chi connectivity index (χ2v) is 8.91. The van der Waals surface area contributed by atoms with Crippen LogP contribution in [0.5, 0.6) is 0 Å². The molecule has 8 heteroatoms. The molecule has 1 fully saturated rings. The molecule has 0 aliphatic carbocycles. The summed E-state index contributed by atoms with van der Waals surface area (Å²) >= 11 is 0. The summed E-state index contributed by atoms with van der Waals surface area (Å²) in [6, 6.07) is 12.3. The van der Waals surface area contributed by atoms with Gasteiger partial charge >= 0.3 is 5.97 Å². The van der Waals surface area contributed by atoms with Crippen LogP contribution in [0.2, 0.25) is 0 Å². The molecule has 8 nitrogen and oxygen atoms in total. The number of hydrogen-bond acceptors (Lipinski definition) is 6. The van der Waals surface area contributed by atoms with E-state index in [1.54, 1.807) is 6.20 Å². The van der Waals surface area contributed by atoms with Crippen molar-refractivity contribution in [3.05, 3.63) is 53.9 Å². The van der Waals surface area contributed by atoms with Crippen molar-refractivity contribution in [2.75, 3.05) is 31.0 Å². The molecule has 1 atom stereocenters. The zero-order chi connectivity index (χ0) is 24.8. The van der Waals surface area contributed by atoms with E-state index in [1.165, 1.54) is 7.11 Å².